The van der Waals surface area contributed by atoms with Gasteiger partial charge >= 0.3 is 0 Å². The monoisotopic (exact) mass is 404 g/mol. The quantitative estimate of drug-likeness (QED) is 0.569. The van der Waals surface area contributed by atoms with Crippen molar-refractivity contribution in [1.29, 1.82) is 0 Å². The number of halogens is 2. The second-order valence-electron chi connectivity index (χ2n) is 7.65. The van der Waals surface area contributed by atoms with Crippen molar-refractivity contribution in [2.45, 2.75) is 64.1 Å². The lowest BCUT2D eigenvalue weighted by molar-refractivity contribution is 0.107. The van der Waals surface area contributed by atoms with E-state index in [1.807, 2.05) is 24.3 Å². The highest BCUT2D eigenvalue weighted by Crippen LogP contribution is 2.24. The molecule has 2 aliphatic carbocycles. The molecule has 5 heteroatoms. The topological polar surface area (TPSA) is 33.3 Å². The molecule has 2 aromatic rings. The van der Waals surface area contributed by atoms with Gasteiger partial charge in [-0.15, -0.1) is 0 Å². The second-order valence-corrected chi connectivity index (χ2v) is 8.47. The lowest BCUT2D eigenvalue weighted by Gasteiger charge is -2.11. The van der Waals surface area contributed by atoms with E-state index in [2.05, 4.69) is 22.8 Å². The van der Waals surface area contributed by atoms with Gasteiger partial charge in [0.2, 0.25) is 0 Å². The Morgan fingerprint density at radius 3 is 1.59 bits per heavy atom. The van der Waals surface area contributed by atoms with E-state index in [0.29, 0.717) is 25.3 Å². The Hall–Kier alpha value is -1.10. The Balaban J connectivity index is 1.29. The predicted molar refractivity (Wildman–Crippen MR) is 111 cm³/mol. The van der Waals surface area contributed by atoms with Crippen molar-refractivity contribution < 1.29 is 4.74 Å². The third kappa shape index (κ3) is 5.94. The molecule has 0 heterocycles. The number of hydrogen-bond donors (Lipinski definition) is 2. The van der Waals surface area contributed by atoms with E-state index in [0.717, 1.165) is 45.4 Å². The number of ether oxygens (including phenoxy) is 1. The number of rotatable bonds is 10. The minimum absolute atomic E-state index is 0.575. The summed E-state index contributed by atoms with van der Waals surface area (Å²) in [5, 5.41) is 8.66. The lowest BCUT2D eigenvalue weighted by Crippen LogP contribution is -2.15. The fraction of sp³-hybridized carbons (Fsp3) is 0.455. The molecular formula is C22H26Cl2N2O. The van der Waals surface area contributed by atoms with E-state index in [1.54, 1.807) is 0 Å². The van der Waals surface area contributed by atoms with Crippen molar-refractivity contribution >= 4 is 23.2 Å². The van der Waals surface area contributed by atoms with Crippen LogP contribution in [0.2, 0.25) is 10.0 Å². The summed E-state index contributed by atoms with van der Waals surface area (Å²) in [6.07, 6.45) is 5.11. The minimum atomic E-state index is 0.575. The molecule has 0 radical (unpaired) electrons. The Morgan fingerprint density at radius 2 is 1.19 bits per heavy atom. The van der Waals surface area contributed by atoms with Crippen LogP contribution < -0.4 is 10.6 Å². The zero-order valence-electron chi connectivity index (χ0n) is 15.4. The van der Waals surface area contributed by atoms with Gasteiger partial charge in [-0.05, 0) is 60.1 Å². The van der Waals surface area contributed by atoms with Gasteiger partial charge in [0.15, 0.2) is 0 Å². The first kappa shape index (κ1) is 19.2. The summed E-state index contributed by atoms with van der Waals surface area (Å²) in [5.74, 6) is 0. The van der Waals surface area contributed by atoms with Crippen molar-refractivity contribution in [2.75, 3.05) is 0 Å². The van der Waals surface area contributed by atoms with E-state index in [-0.39, 0.29) is 0 Å². The molecule has 2 saturated carbocycles. The molecule has 0 aromatic heterocycles. The number of hydrogen-bond acceptors (Lipinski definition) is 3. The maximum absolute atomic E-state index is 6.32. The maximum atomic E-state index is 6.32. The van der Waals surface area contributed by atoms with Crippen molar-refractivity contribution in [3.63, 3.8) is 0 Å². The summed E-state index contributed by atoms with van der Waals surface area (Å²) in [7, 11) is 0. The summed E-state index contributed by atoms with van der Waals surface area (Å²) in [5.41, 5.74) is 4.59. The van der Waals surface area contributed by atoms with Crippen molar-refractivity contribution in [3.8, 4) is 0 Å². The van der Waals surface area contributed by atoms with Crippen LogP contribution in [-0.4, -0.2) is 12.1 Å². The van der Waals surface area contributed by atoms with Crippen LogP contribution in [0, 0.1) is 0 Å². The van der Waals surface area contributed by atoms with E-state index < -0.39 is 0 Å². The molecule has 27 heavy (non-hydrogen) atoms. The molecule has 2 N–H and O–H groups in total. The molecule has 0 unspecified atom stereocenters. The zero-order valence-corrected chi connectivity index (χ0v) is 17.0. The average molecular weight is 405 g/mol. The standard InChI is InChI=1S/C22H26Cl2N2O/c23-21-7-1-15(9-17(21)11-25-19-3-4-19)13-27-14-16-2-8-22(24)18(10-16)12-26-20-5-6-20/h1-2,7-10,19-20,25-26H,3-6,11-14H2. The first-order chi connectivity index (χ1) is 13.2. The second kappa shape index (κ2) is 8.93. The third-order valence-electron chi connectivity index (χ3n) is 5.07. The number of benzene rings is 2. The molecule has 0 amide bonds. The maximum Gasteiger partial charge on any atom is 0.0721 e. The van der Waals surface area contributed by atoms with Gasteiger partial charge in [0.05, 0.1) is 13.2 Å². The largest absolute Gasteiger partial charge is 0.372 e. The Kier molecular flexibility index (Phi) is 6.36. The predicted octanol–water partition coefficient (Wildman–Crippen LogP) is 5.21. The van der Waals surface area contributed by atoms with Crippen molar-refractivity contribution in [1.82, 2.24) is 10.6 Å². The van der Waals surface area contributed by atoms with Crippen molar-refractivity contribution in [2.24, 2.45) is 0 Å². The van der Waals surface area contributed by atoms with Crippen LogP contribution in [0.1, 0.15) is 47.9 Å². The van der Waals surface area contributed by atoms with E-state index in [4.69, 9.17) is 27.9 Å². The van der Waals surface area contributed by atoms with Crippen LogP contribution in [0.15, 0.2) is 36.4 Å². The molecule has 0 atom stereocenters. The molecule has 0 bridgehead atoms. The van der Waals surface area contributed by atoms with Gasteiger partial charge in [0.1, 0.15) is 0 Å². The normalized spacial score (nSPS) is 16.7. The minimum Gasteiger partial charge on any atom is -0.372 e. The van der Waals surface area contributed by atoms with Crippen molar-refractivity contribution in [3.05, 3.63) is 68.7 Å². The highest BCUT2D eigenvalue weighted by molar-refractivity contribution is 6.31. The first-order valence-corrected chi connectivity index (χ1v) is 10.5. The molecule has 3 nitrogen and oxygen atoms in total. The lowest BCUT2D eigenvalue weighted by atomic mass is 10.1. The van der Waals surface area contributed by atoms with Gasteiger partial charge in [0.25, 0.3) is 0 Å². The molecule has 0 saturated heterocycles. The third-order valence-corrected chi connectivity index (χ3v) is 5.81. The highest BCUT2D eigenvalue weighted by atomic mass is 35.5. The van der Waals surface area contributed by atoms with Crippen LogP contribution in [0.3, 0.4) is 0 Å². The molecule has 2 aliphatic rings. The van der Waals surface area contributed by atoms with Crippen LogP contribution in [0.25, 0.3) is 0 Å². The average Bonchev–Trinajstić information content (AvgIpc) is 3.56. The Labute approximate surface area is 171 Å². The van der Waals surface area contributed by atoms with E-state index in [9.17, 15) is 0 Å². The summed E-state index contributed by atoms with van der Waals surface area (Å²) in [6, 6.07) is 13.6. The molecule has 144 valence electrons. The molecule has 0 aliphatic heterocycles. The summed E-state index contributed by atoms with van der Waals surface area (Å²) < 4.78 is 5.94. The number of nitrogens with one attached hydrogen (secondary N) is 2. The Morgan fingerprint density at radius 1 is 0.741 bits per heavy atom. The van der Waals surface area contributed by atoms with Crippen LogP contribution in [0.5, 0.6) is 0 Å². The van der Waals surface area contributed by atoms with Gasteiger partial charge in [-0.2, -0.15) is 0 Å². The van der Waals surface area contributed by atoms with E-state index >= 15 is 0 Å². The Bertz CT molecular complexity index is 722. The van der Waals surface area contributed by atoms with Crippen LogP contribution in [-0.2, 0) is 31.0 Å². The van der Waals surface area contributed by atoms with Gasteiger partial charge < -0.3 is 15.4 Å². The SMILES string of the molecule is Clc1ccc(COCc2ccc(Cl)c(CNC3CC3)c2)cc1CNC1CC1. The summed E-state index contributed by atoms with van der Waals surface area (Å²) in [6.45, 7) is 2.80. The molecule has 4 rings (SSSR count). The fourth-order valence-electron chi connectivity index (χ4n) is 3.08. The van der Waals surface area contributed by atoms with Crippen LogP contribution >= 0.6 is 23.2 Å². The zero-order chi connectivity index (χ0) is 18.6. The summed E-state index contributed by atoms with van der Waals surface area (Å²) >= 11 is 12.6. The first-order valence-electron chi connectivity index (χ1n) is 9.76. The van der Waals surface area contributed by atoms with Crippen LogP contribution in [0.4, 0.5) is 0 Å². The fourth-order valence-corrected chi connectivity index (χ4v) is 3.45. The molecule has 0 spiro atoms. The van der Waals surface area contributed by atoms with Gasteiger partial charge in [0, 0.05) is 35.2 Å². The molecular weight excluding hydrogens is 379 g/mol. The smallest absolute Gasteiger partial charge is 0.0721 e. The van der Waals surface area contributed by atoms with Gasteiger partial charge in [-0.25, -0.2) is 0 Å². The van der Waals surface area contributed by atoms with Gasteiger partial charge in [-0.3, -0.25) is 0 Å². The highest BCUT2D eigenvalue weighted by Gasteiger charge is 2.21. The van der Waals surface area contributed by atoms with Gasteiger partial charge in [-0.1, -0.05) is 47.5 Å². The van der Waals surface area contributed by atoms with E-state index in [1.165, 1.54) is 25.7 Å². The molecule has 2 fully saturated rings. The molecule has 2 aromatic carbocycles. The summed E-state index contributed by atoms with van der Waals surface area (Å²) in [4.78, 5) is 0.